The first-order valence-corrected chi connectivity index (χ1v) is 16.2. The van der Waals surface area contributed by atoms with Crippen LogP contribution in [0.1, 0.15) is 80.9 Å². The molecule has 0 aromatic heterocycles. The van der Waals surface area contributed by atoms with Crippen molar-refractivity contribution in [3.05, 3.63) is 136 Å². The third kappa shape index (κ3) is 4.92. The molecule has 0 saturated carbocycles. The molecular weight excluding hydrogens is 494 g/mol. The monoisotopic (exact) mass is 539 g/mol. The molecule has 0 amide bonds. The lowest BCUT2D eigenvalue weighted by Gasteiger charge is -2.49. The van der Waals surface area contributed by atoms with Crippen LogP contribution in [0.5, 0.6) is 0 Å². The molecule has 6 atom stereocenters. The molecule has 1 nitrogen and oxygen atoms in total. The zero-order valence-electron chi connectivity index (χ0n) is 24.6. The van der Waals surface area contributed by atoms with Gasteiger partial charge in [0.25, 0.3) is 0 Å². The minimum atomic E-state index is 0.526. The summed E-state index contributed by atoms with van der Waals surface area (Å²) < 4.78 is 0. The quantitative estimate of drug-likeness (QED) is 0.358. The number of rotatable bonds is 6. The topological polar surface area (TPSA) is 26.0 Å². The lowest BCUT2D eigenvalue weighted by molar-refractivity contribution is 0.195. The van der Waals surface area contributed by atoms with E-state index in [0.717, 1.165) is 32.1 Å². The Kier molecular flexibility index (Phi) is 7.46. The zero-order valence-corrected chi connectivity index (χ0v) is 24.6. The molecule has 6 aliphatic rings. The fourth-order valence-electron chi connectivity index (χ4n) is 8.93. The summed E-state index contributed by atoms with van der Waals surface area (Å²) in [5, 5.41) is 0. The number of hydrogen-bond acceptors (Lipinski definition) is 1. The molecule has 1 aromatic carbocycles. The van der Waals surface area contributed by atoms with Crippen LogP contribution in [0.15, 0.2) is 119 Å². The van der Waals surface area contributed by atoms with Gasteiger partial charge in [0.2, 0.25) is 0 Å². The summed E-state index contributed by atoms with van der Waals surface area (Å²) in [7, 11) is 0. The summed E-state index contributed by atoms with van der Waals surface area (Å²) in [6, 6.07) is 6.90. The van der Waals surface area contributed by atoms with E-state index < -0.39 is 0 Å². The van der Waals surface area contributed by atoms with Crippen molar-refractivity contribution in [1.29, 1.82) is 0 Å². The van der Waals surface area contributed by atoms with Crippen LogP contribution < -0.4 is 5.73 Å². The van der Waals surface area contributed by atoms with Crippen molar-refractivity contribution in [3.63, 3.8) is 0 Å². The molecule has 6 unspecified atom stereocenters. The highest BCUT2D eigenvalue weighted by atomic mass is 14.5. The van der Waals surface area contributed by atoms with Crippen molar-refractivity contribution < 1.29 is 0 Å². The van der Waals surface area contributed by atoms with Gasteiger partial charge < -0.3 is 5.73 Å². The van der Waals surface area contributed by atoms with Gasteiger partial charge in [0.05, 0.1) is 0 Å². The average molecular weight is 540 g/mol. The molecule has 0 fully saturated rings. The molecular formula is C40H45N. The Bertz CT molecular complexity index is 1460. The Morgan fingerprint density at radius 3 is 2.78 bits per heavy atom. The Hall–Kier alpha value is -3.32. The summed E-state index contributed by atoms with van der Waals surface area (Å²) in [6.45, 7) is 2.43. The molecule has 210 valence electrons. The van der Waals surface area contributed by atoms with Crippen LogP contribution in [0.4, 0.5) is 0 Å². The van der Waals surface area contributed by atoms with Gasteiger partial charge in [-0.1, -0.05) is 98.0 Å². The molecule has 0 heterocycles. The fourth-order valence-corrected chi connectivity index (χ4v) is 8.93. The van der Waals surface area contributed by atoms with Gasteiger partial charge in [0.15, 0.2) is 0 Å². The number of nitrogens with two attached hydrogens (primary N) is 1. The second-order valence-electron chi connectivity index (χ2n) is 13.1. The summed E-state index contributed by atoms with van der Waals surface area (Å²) in [6.07, 6.45) is 41.2. The number of fused-ring (bicyclic) bond motifs is 4. The highest BCUT2D eigenvalue weighted by Gasteiger charge is 2.45. The van der Waals surface area contributed by atoms with Gasteiger partial charge in [0.1, 0.15) is 0 Å². The van der Waals surface area contributed by atoms with Gasteiger partial charge in [-0.15, -0.1) is 0 Å². The van der Waals surface area contributed by atoms with E-state index in [0.29, 0.717) is 35.5 Å². The van der Waals surface area contributed by atoms with E-state index in [2.05, 4.69) is 98.0 Å². The van der Waals surface area contributed by atoms with Crippen LogP contribution in [-0.2, 0) is 6.42 Å². The van der Waals surface area contributed by atoms with Crippen LogP contribution in [0.3, 0.4) is 0 Å². The summed E-state index contributed by atoms with van der Waals surface area (Å²) in [5.74, 6) is 3.48. The van der Waals surface area contributed by atoms with E-state index in [-0.39, 0.29) is 0 Å². The van der Waals surface area contributed by atoms with E-state index in [9.17, 15) is 0 Å². The average Bonchev–Trinajstić information content (AvgIpc) is 3.04. The third-order valence-electron chi connectivity index (χ3n) is 10.9. The second-order valence-corrected chi connectivity index (χ2v) is 13.1. The minimum Gasteiger partial charge on any atom is -0.404 e. The van der Waals surface area contributed by atoms with Crippen molar-refractivity contribution in [3.8, 4) is 0 Å². The van der Waals surface area contributed by atoms with Crippen LogP contribution in [0.2, 0.25) is 0 Å². The van der Waals surface area contributed by atoms with Crippen molar-refractivity contribution in [2.75, 3.05) is 0 Å². The van der Waals surface area contributed by atoms with E-state index in [1.165, 1.54) is 42.4 Å². The molecule has 7 rings (SSSR count). The van der Waals surface area contributed by atoms with Crippen molar-refractivity contribution in [1.82, 2.24) is 0 Å². The Morgan fingerprint density at radius 1 is 0.951 bits per heavy atom. The first-order valence-electron chi connectivity index (χ1n) is 16.2. The summed E-state index contributed by atoms with van der Waals surface area (Å²) in [4.78, 5) is 0. The number of allylic oxidation sites excluding steroid dienone is 16. The highest BCUT2D eigenvalue weighted by Crippen LogP contribution is 2.56. The molecule has 41 heavy (non-hydrogen) atoms. The normalized spacial score (nSPS) is 30.7. The maximum Gasteiger partial charge on any atom is 0.00559 e. The predicted octanol–water partition coefficient (Wildman–Crippen LogP) is 9.85. The SMILES string of the molecule is CC(CC/C(=C\N)C1=C2C=CCCC2C(C2=CCC3C=CC=CC3=C2)C2CC=CCC12)c1cccc2c1CCC=C2. The van der Waals surface area contributed by atoms with Gasteiger partial charge >= 0.3 is 0 Å². The fraction of sp³-hybridized carbons (Fsp3) is 0.400. The maximum atomic E-state index is 6.55. The van der Waals surface area contributed by atoms with E-state index >= 15 is 0 Å². The smallest absolute Gasteiger partial charge is 0.00559 e. The first kappa shape index (κ1) is 26.6. The molecule has 0 bridgehead atoms. The number of hydrogen-bond donors (Lipinski definition) is 1. The molecule has 1 heteroatoms. The standard InChI is InChI=1S/C40H45N/c1-27(33-20-10-14-29-12-4-5-15-34(29)33)21-22-32(26-41)40-37-18-8-6-16-35(37)39(36-17-7-9-19-38(36)40)31-24-23-28-11-2-3-13-30(28)25-31/h2-4,6,8-14,19-20,24-28,35-37,39H,5,7,15-18,21-23,41H2,1H3/b32-26+. The van der Waals surface area contributed by atoms with Crippen molar-refractivity contribution in [2.24, 2.45) is 35.3 Å². The number of benzene rings is 1. The maximum absolute atomic E-state index is 6.55. The van der Waals surface area contributed by atoms with Gasteiger partial charge in [-0.25, -0.2) is 0 Å². The zero-order chi connectivity index (χ0) is 27.8. The van der Waals surface area contributed by atoms with Crippen LogP contribution in [0.25, 0.3) is 6.08 Å². The summed E-state index contributed by atoms with van der Waals surface area (Å²) in [5.41, 5.74) is 18.8. The van der Waals surface area contributed by atoms with Gasteiger partial charge in [-0.05, 0) is 138 Å². The molecule has 0 spiro atoms. The van der Waals surface area contributed by atoms with Crippen LogP contribution >= 0.6 is 0 Å². The molecule has 0 radical (unpaired) electrons. The Balaban J connectivity index is 1.21. The second kappa shape index (κ2) is 11.5. The highest BCUT2D eigenvalue weighted by molar-refractivity contribution is 5.59. The molecule has 6 aliphatic carbocycles. The van der Waals surface area contributed by atoms with Gasteiger partial charge in [-0.2, -0.15) is 0 Å². The summed E-state index contributed by atoms with van der Waals surface area (Å²) >= 11 is 0. The lowest BCUT2D eigenvalue weighted by Crippen LogP contribution is -2.40. The van der Waals surface area contributed by atoms with E-state index in [1.54, 1.807) is 27.8 Å². The minimum absolute atomic E-state index is 0.526. The van der Waals surface area contributed by atoms with Crippen molar-refractivity contribution >= 4 is 6.08 Å². The largest absolute Gasteiger partial charge is 0.404 e. The van der Waals surface area contributed by atoms with E-state index in [4.69, 9.17) is 5.73 Å². The van der Waals surface area contributed by atoms with Crippen LogP contribution in [0, 0.1) is 29.6 Å². The van der Waals surface area contributed by atoms with Crippen LogP contribution in [-0.4, -0.2) is 0 Å². The van der Waals surface area contributed by atoms with Crippen molar-refractivity contribution in [2.45, 2.75) is 70.6 Å². The predicted molar refractivity (Wildman–Crippen MR) is 174 cm³/mol. The Labute approximate surface area is 247 Å². The molecule has 2 N–H and O–H groups in total. The first-order chi connectivity index (χ1) is 20.2. The third-order valence-corrected chi connectivity index (χ3v) is 10.9. The Morgan fingerprint density at radius 2 is 1.85 bits per heavy atom. The van der Waals surface area contributed by atoms with Gasteiger partial charge in [0, 0.05) is 5.92 Å². The molecule has 0 aliphatic heterocycles. The van der Waals surface area contributed by atoms with E-state index in [1.807, 2.05) is 6.20 Å². The molecule has 0 saturated heterocycles. The molecule has 1 aromatic rings. The lowest BCUT2D eigenvalue weighted by atomic mass is 9.55. The van der Waals surface area contributed by atoms with Gasteiger partial charge in [-0.3, -0.25) is 0 Å².